The fourth-order valence-electron chi connectivity index (χ4n) is 2.80. The molecule has 0 amide bonds. The minimum Gasteiger partial charge on any atom is -0.491 e. The Hall–Kier alpha value is -3.06. The van der Waals surface area contributed by atoms with Gasteiger partial charge >= 0.3 is 0 Å². The van der Waals surface area contributed by atoms with Crippen molar-refractivity contribution in [3.05, 3.63) is 67.5 Å². The number of benzene rings is 1. The Kier molecular flexibility index (Phi) is 3.40. The highest BCUT2D eigenvalue weighted by Crippen LogP contribution is 2.21. The minimum atomic E-state index is -0.611. The van der Waals surface area contributed by atoms with Crippen molar-refractivity contribution in [2.24, 2.45) is 0 Å². The number of rotatable bonds is 2. The van der Waals surface area contributed by atoms with E-state index in [1.54, 1.807) is 31.2 Å². The molecule has 4 aromatic rings. The summed E-state index contributed by atoms with van der Waals surface area (Å²) in [5.41, 5.74) is -0.704. The Labute approximate surface area is 145 Å². The zero-order chi connectivity index (χ0) is 17.7. The predicted octanol–water partition coefficient (Wildman–Crippen LogP) is 2.55. The van der Waals surface area contributed by atoms with Gasteiger partial charge in [-0.15, -0.1) is 5.10 Å². The summed E-state index contributed by atoms with van der Waals surface area (Å²) in [6.07, 6.45) is 0. The highest BCUT2D eigenvalue weighted by Gasteiger charge is 2.17. The number of aromatic hydroxyl groups is 1. The second-order valence-corrected chi connectivity index (χ2v) is 6.13. The zero-order valence-electron chi connectivity index (χ0n) is 13.0. The molecule has 3 heterocycles. The number of furan rings is 1. The third-order valence-electron chi connectivity index (χ3n) is 3.95. The van der Waals surface area contributed by atoms with Gasteiger partial charge < -0.3 is 14.5 Å². The van der Waals surface area contributed by atoms with E-state index in [0.717, 1.165) is 4.68 Å². The molecule has 4 rings (SSSR count). The van der Waals surface area contributed by atoms with E-state index in [2.05, 4.69) is 10.1 Å². The van der Waals surface area contributed by atoms with Crippen molar-refractivity contribution in [1.29, 1.82) is 0 Å². The van der Waals surface area contributed by atoms with Crippen molar-refractivity contribution in [1.82, 2.24) is 14.8 Å². The number of nitrogens with one attached hydrogen (secondary N) is 1. The summed E-state index contributed by atoms with van der Waals surface area (Å²) in [5, 5.41) is 14.7. The van der Waals surface area contributed by atoms with E-state index in [4.69, 9.17) is 16.0 Å². The molecule has 0 radical (unpaired) electrons. The molecule has 8 heteroatoms. The van der Waals surface area contributed by atoms with Crippen molar-refractivity contribution in [3.63, 3.8) is 0 Å². The number of H-pyrrole nitrogens is 1. The van der Waals surface area contributed by atoms with Crippen molar-refractivity contribution in [2.45, 2.75) is 13.5 Å². The number of aromatic nitrogens is 3. The summed E-state index contributed by atoms with van der Waals surface area (Å²) in [7, 11) is 0. The van der Waals surface area contributed by atoms with E-state index in [1.807, 2.05) is 0 Å². The molecule has 0 aliphatic heterocycles. The predicted molar refractivity (Wildman–Crippen MR) is 93.4 cm³/mol. The fraction of sp³-hybridized carbons (Fsp3) is 0.118. The van der Waals surface area contributed by atoms with Gasteiger partial charge in [0.1, 0.15) is 29.0 Å². The van der Waals surface area contributed by atoms with Gasteiger partial charge in [0.15, 0.2) is 0 Å². The van der Waals surface area contributed by atoms with Gasteiger partial charge in [0.2, 0.25) is 5.43 Å². The number of hydrogen-bond donors (Lipinski definition) is 2. The van der Waals surface area contributed by atoms with Gasteiger partial charge in [-0.3, -0.25) is 9.59 Å². The molecule has 0 saturated heterocycles. The quantitative estimate of drug-likeness (QED) is 0.537. The molecular formula is C17H12ClN3O4. The van der Waals surface area contributed by atoms with Gasteiger partial charge in [-0.2, -0.15) is 0 Å². The van der Waals surface area contributed by atoms with Crippen LogP contribution in [0.1, 0.15) is 11.5 Å². The van der Waals surface area contributed by atoms with Gasteiger partial charge in [0, 0.05) is 10.4 Å². The third-order valence-corrected chi connectivity index (χ3v) is 4.19. The Morgan fingerprint density at radius 2 is 2.08 bits per heavy atom. The molecule has 1 aromatic carbocycles. The maximum Gasteiger partial charge on any atom is 0.280 e. The smallest absolute Gasteiger partial charge is 0.280 e. The Bertz CT molecular complexity index is 1250. The van der Waals surface area contributed by atoms with Gasteiger partial charge in [-0.25, -0.2) is 4.68 Å². The number of aryl methyl sites for hydroxylation is 1. The molecule has 0 bridgehead atoms. The van der Waals surface area contributed by atoms with Crippen LogP contribution in [-0.4, -0.2) is 19.9 Å². The monoisotopic (exact) mass is 357 g/mol. The summed E-state index contributed by atoms with van der Waals surface area (Å²) in [5.74, 6) is 0.737. The molecule has 0 atom stereocenters. The molecule has 25 heavy (non-hydrogen) atoms. The van der Waals surface area contributed by atoms with E-state index in [1.165, 1.54) is 6.07 Å². The Morgan fingerprint density at radius 1 is 1.28 bits per heavy atom. The van der Waals surface area contributed by atoms with Crippen molar-refractivity contribution < 1.29 is 9.52 Å². The second kappa shape index (κ2) is 5.49. The largest absolute Gasteiger partial charge is 0.491 e. The lowest BCUT2D eigenvalue weighted by molar-refractivity contribution is 0.413. The lowest BCUT2D eigenvalue weighted by Gasteiger charge is -2.08. The first-order chi connectivity index (χ1) is 11.9. The Balaban J connectivity index is 2.02. The van der Waals surface area contributed by atoms with Crippen LogP contribution in [0.2, 0.25) is 5.02 Å². The van der Waals surface area contributed by atoms with Crippen LogP contribution < -0.4 is 11.0 Å². The van der Waals surface area contributed by atoms with Crippen molar-refractivity contribution >= 4 is 33.4 Å². The summed E-state index contributed by atoms with van der Waals surface area (Å²) in [6, 6.07) is 8.11. The number of nitrogens with zero attached hydrogens (tertiary/aromatic N) is 2. The fourth-order valence-corrected chi connectivity index (χ4v) is 2.97. The molecular weight excluding hydrogens is 346 g/mol. The summed E-state index contributed by atoms with van der Waals surface area (Å²) >= 11 is 5.93. The summed E-state index contributed by atoms with van der Waals surface area (Å²) in [6.45, 7) is 1.79. The van der Waals surface area contributed by atoms with Crippen LogP contribution in [0, 0.1) is 6.92 Å². The number of pyridine rings is 1. The van der Waals surface area contributed by atoms with Gasteiger partial charge in [0.05, 0.1) is 5.52 Å². The minimum absolute atomic E-state index is 0.00820. The molecule has 3 aromatic heterocycles. The molecule has 2 N–H and O–H groups in total. The maximum absolute atomic E-state index is 12.7. The highest BCUT2D eigenvalue weighted by molar-refractivity contribution is 6.31. The van der Waals surface area contributed by atoms with Crippen molar-refractivity contribution in [3.8, 4) is 5.88 Å². The lowest BCUT2D eigenvalue weighted by Crippen LogP contribution is -2.27. The van der Waals surface area contributed by atoms with Crippen LogP contribution in [0.25, 0.3) is 21.8 Å². The van der Waals surface area contributed by atoms with Crippen LogP contribution >= 0.6 is 11.6 Å². The summed E-state index contributed by atoms with van der Waals surface area (Å²) in [4.78, 5) is 28.3. The van der Waals surface area contributed by atoms with E-state index < -0.39 is 16.9 Å². The average Bonchev–Trinajstić information content (AvgIpc) is 2.97. The molecule has 0 fully saturated rings. The number of halogens is 1. The van der Waals surface area contributed by atoms with E-state index in [-0.39, 0.29) is 17.4 Å². The lowest BCUT2D eigenvalue weighted by atomic mass is 10.1. The van der Waals surface area contributed by atoms with Crippen LogP contribution in [-0.2, 0) is 6.54 Å². The molecule has 0 saturated carbocycles. The van der Waals surface area contributed by atoms with Crippen LogP contribution in [0.3, 0.4) is 0 Å². The second-order valence-electron chi connectivity index (χ2n) is 5.69. The Morgan fingerprint density at radius 3 is 2.80 bits per heavy atom. The molecule has 0 aliphatic carbocycles. The number of hydrogen-bond acceptors (Lipinski definition) is 5. The zero-order valence-corrected chi connectivity index (χ0v) is 13.8. The first-order valence-electron chi connectivity index (χ1n) is 7.44. The van der Waals surface area contributed by atoms with Gasteiger partial charge in [-0.1, -0.05) is 11.6 Å². The van der Waals surface area contributed by atoms with Crippen LogP contribution in [0.5, 0.6) is 5.88 Å². The molecule has 126 valence electrons. The number of fused-ring (bicyclic) bond motifs is 2. The molecule has 0 aliphatic rings. The standard InChI is InChI=1S/C17H12ClN3O4/c1-8-2-4-10(25-8)7-21-17(24)13-14(16(23)20-21)19-12-6-9(18)3-5-11(12)15(13)22/h2-6H,7H2,1H3,(H,19,22)(H,20,23). The SMILES string of the molecule is Cc1ccc(Cn2nc(O)c3[nH]c4cc(Cl)ccc4c(=O)c3c2=O)o1. The van der Waals surface area contributed by atoms with Crippen molar-refractivity contribution in [2.75, 3.05) is 0 Å². The molecule has 7 nitrogen and oxygen atoms in total. The van der Waals surface area contributed by atoms with Crippen LogP contribution in [0.15, 0.2) is 44.3 Å². The van der Waals surface area contributed by atoms with Crippen LogP contribution in [0.4, 0.5) is 0 Å². The molecule has 0 spiro atoms. The first-order valence-corrected chi connectivity index (χ1v) is 7.82. The van der Waals surface area contributed by atoms with E-state index in [9.17, 15) is 14.7 Å². The highest BCUT2D eigenvalue weighted by atomic mass is 35.5. The topological polar surface area (TPSA) is 101 Å². The van der Waals surface area contributed by atoms with E-state index >= 15 is 0 Å². The molecule has 0 unspecified atom stereocenters. The maximum atomic E-state index is 12.7. The average molecular weight is 358 g/mol. The normalized spacial score (nSPS) is 11.4. The first kappa shape index (κ1) is 15.5. The summed E-state index contributed by atoms with van der Waals surface area (Å²) < 4.78 is 6.43. The third kappa shape index (κ3) is 2.49. The van der Waals surface area contributed by atoms with Gasteiger partial charge in [0.25, 0.3) is 11.4 Å². The van der Waals surface area contributed by atoms with Gasteiger partial charge in [-0.05, 0) is 37.3 Å². The van der Waals surface area contributed by atoms with E-state index in [0.29, 0.717) is 27.4 Å². The number of aromatic amines is 1.